The van der Waals surface area contributed by atoms with E-state index in [0.29, 0.717) is 22.3 Å². The summed E-state index contributed by atoms with van der Waals surface area (Å²) in [7, 11) is -7.91. The van der Waals surface area contributed by atoms with Gasteiger partial charge in [-0.05, 0) is 22.3 Å². The van der Waals surface area contributed by atoms with Crippen LogP contribution in [0.25, 0.3) is 0 Å². The van der Waals surface area contributed by atoms with E-state index in [2.05, 4.69) is 0 Å². The van der Waals surface area contributed by atoms with Gasteiger partial charge in [0.2, 0.25) is 0 Å². The quantitative estimate of drug-likeness (QED) is 0.184. The van der Waals surface area contributed by atoms with Gasteiger partial charge in [0.25, 0.3) is 20.2 Å². The standard InChI is InChI=1S/C30H30O7S2/c31-38(32,23-25-13-5-1-6-14-25)36-29(27-17-9-3-10-18-27)21-35-22-30(28-19-11-4-12-20-28)37-39(33,34)24-26-15-7-2-8-16-26/h1-20,29-30H,21-24H2. The first-order chi connectivity index (χ1) is 18.8. The Morgan fingerprint density at radius 2 is 0.769 bits per heavy atom. The average molecular weight is 567 g/mol. The molecule has 39 heavy (non-hydrogen) atoms. The summed E-state index contributed by atoms with van der Waals surface area (Å²) in [5, 5.41) is 0. The lowest BCUT2D eigenvalue weighted by molar-refractivity contribution is 0.0104. The lowest BCUT2D eigenvalue weighted by Gasteiger charge is -2.21. The van der Waals surface area contributed by atoms with Crippen molar-refractivity contribution in [3.8, 4) is 0 Å². The van der Waals surface area contributed by atoms with Crippen LogP contribution in [0.1, 0.15) is 34.5 Å². The fourth-order valence-electron chi connectivity index (χ4n) is 3.96. The predicted octanol–water partition coefficient (Wildman–Crippen LogP) is 5.58. The Morgan fingerprint density at radius 3 is 1.10 bits per heavy atom. The minimum Gasteiger partial charge on any atom is -0.375 e. The molecule has 0 N–H and O–H groups in total. The summed E-state index contributed by atoms with van der Waals surface area (Å²) in [5.74, 6) is -0.574. The summed E-state index contributed by atoms with van der Waals surface area (Å²) >= 11 is 0. The normalized spacial score (nSPS) is 13.5. The van der Waals surface area contributed by atoms with Crippen molar-refractivity contribution in [3.05, 3.63) is 144 Å². The van der Waals surface area contributed by atoms with Gasteiger partial charge < -0.3 is 4.74 Å². The zero-order valence-corrected chi connectivity index (χ0v) is 22.8. The molecule has 4 aromatic rings. The molecule has 0 fully saturated rings. The lowest BCUT2D eigenvalue weighted by Crippen LogP contribution is -2.22. The molecule has 2 unspecified atom stereocenters. The van der Waals surface area contributed by atoms with Crippen molar-refractivity contribution >= 4 is 20.2 Å². The molecule has 4 aromatic carbocycles. The second-order valence-electron chi connectivity index (χ2n) is 8.90. The van der Waals surface area contributed by atoms with Crippen LogP contribution >= 0.6 is 0 Å². The van der Waals surface area contributed by atoms with E-state index in [1.165, 1.54) is 0 Å². The van der Waals surface area contributed by atoms with E-state index in [4.69, 9.17) is 13.1 Å². The van der Waals surface area contributed by atoms with Gasteiger partial charge in [0.1, 0.15) is 23.7 Å². The molecule has 0 radical (unpaired) electrons. The highest BCUT2D eigenvalue weighted by Crippen LogP contribution is 2.26. The molecule has 0 aromatic heterocycles. The number of benzene rings is 4. The van der Waals surface area contributed by atoms with Crippen LogP contribution in [0.15, 0.2) is 121 Å². The van der Waals surface area contributed by atoms with Crippen molar-refractivity contribution in [3.63, 3.8) is 0 Å². The fraction of sp³-hybridized carbons (Fsp3) is 0.200. The fourth-order valence-corrected chi connectivity index (χ4v) is 6.33. The highest BCUT2D eigenvalue weighted by molar-refractivity contribution is 7.86. The van der Waals surface area contributed by atoms with E-state index in [9.17, 15) is 16.8 Å². The molecule has 0 saturated carbocycles. The molecular formula is C30H30O7S2. The first kappa shape index (κ1) is 28.7. The molecule has 4 rings (SSSR count). The van der Waals surface area contributed by atoms with Crippen molar-refractivity contribution in [2.45, 2.75) is 23.7 Å². The van der Waals surface area contributed by atoms with Crippen molar-refractivity contribution in [1.82, 2.24) is 0 Å². The Balaban J connectivity index is 1.47. The van der Waals surface area contributed by atoms with E-state index in [1.807, 2.05) is 24.3 Å². The minimum atomic E-state index is -3.96. The summed E-state index contributed by atoms with van der Waals surface area (Å²) in [4.78, 5) is 0. The van der Waals surface area contributed by atoms with E-state index in [1.54, 1.807) is 97.1 Å². The molecule has 0 aliphatic heterocycles. The Labute approximate surface area is 230 Å². The molecule has 204 valence electrons. The average Bonchev–Trinajstić information content (AvgIpc) is 2.93. The van der Waals surface area contributed by atoms with Gasteiger partial charge in [-0.15, -0.1) is 0 Å². The molecule has 0 bridgehead atoms. The molecular weight excluding hydrogens is 536 g/mol. The van der Waals surface area contributed by atoms with Crippen LogP contribution in [0.2, 0.25) is 0 Å². The Kier molecular flexibility index (Phi) is 10.0. The zero-order chi connectivity index (χ0) is 27.6. The van der Waals surface area contributed by atoms with Crippen molar-refractivity contribution < 1.29 is 29.9 Å². The molecule has 0 aliphatic rings. The number of ether oxygens (including phenoxy) is 1. The second-order valence-corrected chi connectivity index (χ2v) is 12.1. The number of hydrogen-bond donors (Lipinski definition) is 0. The van der Waals surface area contributed by atoms with E-state index in [-0.39, 0.29) is 24.7 Å². The third-order valence-electron chi connectivity index (χ3n) is 5.78. The number of hydrogen-bond acceptors (Lipinski definition) is 7. The molecule has 2 atom stereocenters. The zero-order valence-electron chi connectivity index (χ0n) is 21.2. The largest absolute Gasteiger partial charge is 0.375 e. The molecule has 9 heteroatoms. The van der Waals surface area contributed by atoms with Gasteiger partial charge >= 0.3 is 0 Å². The van der Waals surface area contributed by atoms with Crippen LogP contribution in [0.5, 0.6) is 0 Å². The van der Waals surface area contributed by atoms with Crippen LogP contribution in [-0.4, -0.2) is 30.0 Å². The van der Waals surface area contributed by atoms with Crippen molar-refractivity contribution in [1.29, 1.82) is 0 Å². The third kappa shape index (κ3) is 9.42. The summed E-state index contributed by atoms with van der Waals surface area (Å²) in [6.07, 6.45) is -1.87. The van der Waals surface area contributed by atoms with Gasteiger partial charge in [0.15, 0.2) is 0 Å². The Hall–Kier alpha value is -3.34. The summed E-state index contributed by atoms with van der Waals surface area (Å²) < 4.78 is 68.6. The first-order valence-electron chi connectivity index (χ1n) is 12.4. The van der Waals surface area contributed by atoms with Crippen LogP contribution in [0.3, 0.4) is 0 Å². The van der Waals surface area contributed by atoms with Crippen molar-refractivity contribution in [2.24, 2.45) is 0 Å². The predicted molar refractivity (Wildman–Crippen MR) is 149 cm³/mol. The summed E-state index contributed by atoms with van der Waals surface area (Å²) in [6.45, 7) is -0.271. The van der Waals surface area contributed by atoms with E-state index >= 15 is 0 Å². The Bertz CT molecular complexity index is 1380. The van der Waals surface area contributed by atoms with E-state index in [0.717, 1.165) is 0 Å². The highest BCUT2D eigenvalue weighted by Gasteiger charge is 2.25. The maximum absolute atomic E-state index is 12.9. The van der Waals surface area contributed by atoms with Crippen LogP contribution in [0, 0.1) is 0 Å². The van der Waals surface area contributed by atoms with E-state index < -0.39 is 32.4 Å². The maximum Gasteiger partial charge on any atom is 0.272 e. The van der Waals surface area contributed by atoms with Crippen molar-refractivity contribution in [2.75, 3.05) is 13.2 Å². The van der Waals surface area contributed by atoms with Crippen LogP contribution < -0.4 is 0 Å². The van der Waals surface area contributed by atoms with Crippen LogP contribution in [-0.2, 0) is 44.8 Å². The molecule has 7 nitrogen and oxygen atoms in total. The van der Waals surface area contributed by atoms with Gasteiger partial charge in [-0.2, -0.15) is 16.8 Å². The van der Waals surface area contributed by atoms with Gasteiger partial charge in [-0.1, -0.05) is 121 Å². The molecule has 0 spiro atoms. The minimum absolute atomic E-state index is 0.135. The molecule has 0 amide bonds. The molecule has 0 saturated heterocycles. The van der Waals surface area contributed by atoms with Gasteiger partial charge in [-0.25, -0.2) is 0 Å². The second kappa shape index (κ2) is 13.6. The highest BCUT2D eigenvalue weighted by atomic mass is 32.2. The van der Waals surface area contributed by atoms with Gasteiger partial charge in [-0.3, -0.25) is 8.37 Å². The SMILES string of the molecule is O=S(=O)(Cc1ccccc1)OC(COCC(OS(=O)(=O)Cc1ccccc1)c1ccccc1)c1ccccc1. The van der Waals surface area contributed by atoms with Gasteiger partial charge in [0.05, 0.1) is 13.2 Å². The number of rotatable bonds is 14. The molecule has 0 aliphatic carbocycles. The molecule has 0 heterocycles. The summed E-state index contributed by atoms with van der Waals surface area (Å²) in [6, 6.07) is 35.3. The van der Waals surface area contributed by atoms with Gasteiger partial charge in [0, 0.05) is 0 Å². The first-order valence-corrected chi connectivity index (χ1v) is 15.5. The third-order valence-corrected chi connectivity index (χ3v) is 8.20. The Morgan fingerprint density at radius 1 is 0.462 bits per heavy atom. The monoisotopic (exact) mass is 566 g/mol. The maximum atomic E-state index is 12.9. The smallest absolute Gasteiger partial charge is 0.272 e. The lowest BCUT2D eigenvalue weighted by atomic mass is 10.1. The summed E-state index contributed by atoms with van der Waals surface area (Å²) in [5.41, 5.74) is 2.43. The topological polar surface area (TPSA) is 96.0 Å². The van der Waals surface area contributed by atoms with Crippen LogP contribution in [0.4, 0.5) is 0 Å².